The lowest BCUT2D eigenvalue weighted by molar-refractivity contribution is 0.0712. The van der Waals surface area contributed by atoms with E-state index in [1.807, 2.05) is 30.2 Å². The average molecular weight is 436 g/mol. The maximum absolute atomic E-state index is 12.8. The second-order valence-electron chi connectivity index (χ2n) is 7.51. The summed E-state index contributed by atoms with van der Waals surface area (Å²) in [5.41, 5.74) is 14.2. The molecule has 31 heavy (non-hydrogen) atoms. The van der Waals surface area contributed by atoms with Crippen LogP contribution >= 0.6 is 11.8 Å². The highest BCUT2D eigenvalue weighted by Crippen LogP contribution is 2.36. The standard InChI is InChI=1S/C23H25N5O2S/c1-14-10-19(20(31-2)12-18(14)21(29)27-23(25)26)16-6-8-28(9-7-16)22(30)17-5-3-4-15(11-17)13-24/h3-5,10-12,16H,6-9H2,1-2H3,(H4,25,26,27,29). The molecule has 8 heteroatoms. The summed E-state index contributed by atoms with van der Waals surface area (Å²) in [5, 5.41) is 9.07. The number of nitrogens with zero attached hydrogens (tertiary/aromatic N) is 3. The van der Waals surface area contributed by atoms with Crippen LogP contribution < -0.4 is 11.5 Å². The predicted octanol–water partition coefficient (Wildman–Crippen LogP) is 3.02. The van der Waals surface area contributed by atoms with Crippen molar-refractivity contribution in [3.8, 4) is 6.07 Å². The Kier molecular flexibility index (Phi) is 6.98. The highest BCUT2D eigenvalue weighted by atomic mass is 32.2. The van der Waals surface area contributed by atoms with Gasteiger partial charge in [-0.2, -0.15) is 10.3 Å². The molecular weight excluding hydrogens is 410 g/mol. The lowest BCUT2D eigenvalue weighted by Crippen LogP contribution is -2.38. The first-order chi connectivity index (χ1) is 14.8. The number of thioether (sulfide) groups is 1. The van der Waals surface area contributed by atoms with Gasteiger partial charge >= 0.3 is 0 Å². The number of hydrogen-bond donors (Lipinski definition) is 2. The molecule has 1 aliphatic heterocycles. The first kappa shape index (κ1) is 22.4. The van der Waals surface area contributed by atoms with Crippen molar-refractivity contribution in [2.24, 2.45) is 16.5 Å². The Morgan fingerprint density at radius 3 is 2.52 bits per heavy atom. The van der Waals surface area contributed by atoms with Crippen LogP contribution in [-0.2, 0) is 0 Å². The molecule has 2 aromatic carbocycles. The minimum atomic E-state index is -0.445. The van der Waals surface area contributed by atoms with Crippen molar-refractivity contribution in [3.05, 3.63) is 64.2 Å². The van der Waals surface area contributed by atoms with E-state index < -0.39 is 5.91 Å². The van der Waals surface area contributed by atoms with Crippen LogP contribution in [0.15, 0.2) is 46.3 Å². The molecule has 0 radical (unpaired) electrons. The van der Waals surface area contributed by atoms with Crippen LogP contribution in [0.3, 0.4) is 0 Å². The van der Waals surface area contributed by atoms with Crippen molar-refractivity contribution in [3.63, 3.8) is 0 Å². The van der Waals surface area contributed by atoms with Crippen LogP contribution in [0, 0.1) is 18.3 Å². The lowest BCUT2D eigenvalue weighted by Gasteiger charge is -2.33. The molecule has 2 amide bonds. The number of rotatable bonds is 4. The zero-order valence-electron chi connectivity index (χ0n) is 17.6. The molecule has 1 aliphatic rings. The number of hydrogen-bond acceptors (Lipinski definition) is 4. The smallest absolute Gasteiger partial charge is 0.280 e. The number of aryl methyl sites for hydroxylation is 1. The molecular formula is C23H25N5O2S. The van der Waals surface area contributed by atoms with E-state index in [2.05, 4.69) is 11.1 Å². The van der Waals surface area contributed by atoms with Crippen molar-refractivity contribution in [2.45, 2.75) is 30.6 Å². The summed E-state index contributed by atoms with van der Waals surface area (Å²) >= 11 is 1.58. The van der Waals surface area contributed by atoms with Gasteiger partial charge in [0.05, 0.1) is 11.6 Å². The van der Waals surface area contributed by atoms with Gasteiger partial charge in [0.2, 0.25) is 0 Å². The fraction of sp³-hybridized carbons (Fsp3) is 0.304. The monoisotopic (exact) mass is 435 g/mol. The van der Waals surface area contributed by atoms with Gasteiger partial charge in [-0.3, -0.25) is 9.59 Å². The van der Waals surface area contributed by atoms with Crippen molar-refractivity contribution in [1.82, 2.24) is 4.90 Å². The summed E-state index contributed by atoms with van der Waals surface area (Å²) in [6.07, 6.45) is 3.64. The highest BCUT2D eigenvalue weighted by molar-refractivity contribution is 7.98. The molecule has 7 nitrogen and oxygen atoms in total. The van der Waals surface area contributed by atoms with Gasteiger partial charge in [0, 0.05) is 29.1 Å². The van der Waals surface area contributed by atoms with E-state index in [1.54, 1.807) is 36.0 Å². The molecule has 3 rings (SSSR count). The molecule has 0 unspecified atom stereocenters. The molecule has 1 fully saturated rings. The fourth-order valence-electron chi connectivity index (χ4n) is 3.91. The Morgan fingerprint density at radius 2 is 1.90 bits per heavy atom. The maximum Gasteiger partial charge on any atom is 0.280 e. The summed E-state index contributed by atoms with van der Waals surface area (Å²) in [6, 6.07) is 12.8. The number of piperidine rings is 1. The summed E-state index contributed by atoms with van der Waals surface area (Å²) in [6.45, 7) is 3.16. The Hall–Kier alpha value is -3.31. The van der Waals surface area contributed by atoms with Crippen LogP contribution in [0.2, 0.25) is 0 Å². The lowest BCUT2D eigenvalue weighted by atomic mass is 9.87. The van der Waals surface area contributed by atoms with E-state index >= 15 is 0 Å². The largest absolute Gasteiger partial charge is 0.370 e. The topological polar surface area (TPSA) is 126 Å². The molecule has 2 aromatic rings. The fourth-order valence-corrected chi connectivity index (χ4v) is 4.61. The minimum absolute atomic E-state index is 0.0463. The molecule has 0 atom stereocenters. The number of benzene rings is 2. The van der Waals surface area contributed by atoms with E-state index in [9.17, 15) is 9.59 Å². The third-order valence-corrected chi connectivity index (χ3v) is 6.29. The number of amides is 2. The molecule has 0 spiro atoms. The third-order valence-electron chi connectivity index (χ3n) is 5.50. The zero-order valence-corrected chi connectivity index (χ0v) is 18.4. The Balaban J connectivity index is 1.76. The Morgan fingerprint density at radius 1 is 1.19 bits per heavy atom. The molecule has 0 saturated carbocycles. The third kappa shape index (κ3) is 5.06. The van der Waals surface area contributed by atoms with Crippen molar-refractivity contribution >= 4 is 29.5 Å². The van der Waals surface area contributed by atoms with E-state index in [-0.39, 0.29) is 11.9 Å². The second-order valence-corrected chi connectivity index (χ2v) is 8.36. The number of carbonyl (C=O) groups excluding carboxylic acids is 2. The zero-order chi connectivity index (χ0) is 22.5. The van der Waals surface area contributed by atoms with E-state index in [1.165, 1.54) is 5.56 Å². The summed E-state index contributed by atoms with van der Waals surface area (Å²) < 4.78 is 0. The van der Waals surface area contributed by atoms with Crippen LogP contribution in [0.4, 0.5) is 0 Å². The van der Waals surface area contributed by atoms with Crippen LogP contribution in [-0.4, -0.2) is 42.0 Å². The van der Waals surface area contributed by atoms with Gasteiger partial charge in [-0.25, -0.2) is 0 Å². The summed E-state index contributed by atoms with van der Waals surface area (Å²) in [4.78, 5) is 31.7. The normalized spacial score (nSPS) is 14.0. The van der Waals surface area contributed by atoms with Gasteiger partial charge in [-0.1, -0.05) is 12.1 Å². The quantitative estimate of drug-likeness (QED) is 0.432. The molecule has 1 saturated heterocycles. The first-order valence-electron chi connectivity index (χ1n) is 9.96. The van der Waals surface area contributed by atoms with E-state index in [0.29, 0.717) is 35.7 Å². The van der Waals surface area contributed by atoms with Crippen LogP contribution in [0.25, 0.3) is 0 Å². The van der Waals surface area contributed by atoms with Crippen LogP contribution in [0.5, 0.6) is 0 Å². The molecule has 1 heterocycles. The van der Waals surface area contributed by atoms with Gasteiger partial charge < -0.3 is 16.4 Å². The molecule has 160 valence electrons. The average Bonchev–Trinajstić information content (AvgIpc) is 2.78. The maximum atomic E-state index is 12.8. The molecule has 0 aliphatic carbocycles. The van der Waals surface area contributed by atoms with Crippen molar-refractivity contribution < 1.29 is 9.59 Å². The van der Waals surface area contributed by atoms with Gasteiger partial charge in [0.15, 0.2) is 5.96 Å². The second kappa shape index (κ2) is 9.67. The molecule has 4 N–H and O–H groups in total. The number of likely N-dealkylation sites (tertiary alicyclic amines) is 1. The van der Waals surface area contributed by atoms with Gasteiger partial charge in [-0.05, 0) is 67.3 Å². The number of carbonyl (C=O) groups is 2. The minimum Gasteiger partial charge on any atom is -0.370 e. The summed E-state index contributed by atoms with van der Waals surface area (Å²) in [7, 11) is 0. The van der Waals surface area contributed by atoms with Gasteiger partial charge in [0.25, 0.3) is 11.8 Å². The van der Waals surface area contributed by atoms with Crippen molar-refractivity contribution in [1.29, 1.82) is 5.26 Å². The van der Waals surface area contributed by atoms with E-state index in [0.717, 1.165) is 23.3 Å². The summed E-state index contributed by atoms with van der Waals surface area (Å²) in [5.74, 6) is -0.450. The number of guanidine groups is 1. The Bertz CT molecular complexity index is 1080. The van der Waals surface area contributed by atoms with Crippen LogP contribution in [0.1, 0.15) is 56.2 Å². The van der Waals surface area contributed by atoms with E-state index in [4.69, 9.17) is 16.7 Å². The van der Waals surface area contributed by atoms with Gasteiger partial charge in [0.1, 0.15) is 0 Å². The number of nitriles is 1. The Labute approximate surface area is 186 Å². The predicted molar refractivity (Wildman–Crippen MR) is 122 cm³/mol. The first-order valence-corrected chi connectivity index (χ1v) is 11.2. The number of aliphatic imine (C=N–C) groups is 1. The van der Waals surface area contributed by atoms with Gasteiger partial charge in [-0.15, -0.1) is 11.8 Å². The SMILES string of the molecule is CSc1cc(C(=O)N=C(N)N)c(C)cc1C1CCN(C(=O)c2cccc(C#N)c2)CC1. The van der Waals surface area contributed by atoms with Crippen molar-refractivity contribution in [2.75, 3.05) is 19.3 Å². The highest BCUT2D eigenvalue weighted by Gasteiger charge is 2.27. The molecule has 0 aromatic heterocycles. The number of nitrogens with two attached hydrogens (primary N) is 2. The molecule has 0 bridgehead atoms.